The minimum atomic E-state index is 0.0413. The van der Waals surface area contributed by atoms with Crippen LogP contribution in [0.2, 0.25) is 0 Å². The number of nitrogens with zero attached hydrogens (tertiary/aromatic N) is 3. The Bertz CT molecular complexity index is 843. The van der Waals surface area contributed by atoms with Gasteiger partial charge in [0.15, 0.2) is 0 Å². The van der Waals surface area contributed by atoms with Crippen molar-refractivity contribution >= 4 is 0 Å². The van der Waals surface area contributed by atoms with Crippen molar-refractivity contribution in [1.29, 1.82) is 0 Å². The number of hydrogen-bond donors (Lipinski definition) is 0. The van der Waals surface area contributed by atoms with Crippen molar-refractivity contribution in [1.82, 2.24) is 14.1 Å². The van der Waals surface area contributed by atoms with E-state index in [0.29, 0.717) is 13.1 Å². The average Bonchev–Trinajstić information content (AvgIpc) is 2.87. The Morgan fingerprint density at radius 1 is 1.00 bits per heavy atom. The maximum Gasteiger partial charge on any atom is 0.328 e. The Balaban J connectivity index is 2.45. The van der Waals surface area contributed by atoms with Gasteiger partial charge in [-0.3, -0.25) is 14.1 Å². The smallest absolute Gasteiger partial charge is 0.298 e. The lowest BCUT2D eigenvalue weighted by Crippen LogP contribution is -2.33. The summed E-state index contributed by atoms with van der Waals surface area (Å²) in [5, 5.41) is 0. The fourth-order valence-electron chi connectivity index (χ4n) is 3.25. The second-order valence-corrected chi connectivity index (χ2v) is 5.49. The van der Waals surface area contributed by atoms with Crippen molar-refractivity contribution in [3.63, 3.8) is 0 Å². The Kier molecular flexibility index (Phi) is 3.61. The summed E-state index contributed by atoms with van der Waals surface area (Å²) in [6.07, 6.45) is 0. The van der Waals surface area contributed by atoms with Gasteiger partial charge in [-0.2, -0.15) is 0 Å². The maximum absolute atomic E-state index is 12.8. The van der Waals surface area contributed by atoms with E-state index in [1.54, 1.807) is 0 Å². The third-order valence-electron chi connectivity index (χ3n) is 4.28. The number of aryl methyl sites for hydroxylation is 1. The molecule has 4 heteroatoms. The number of benzene rings is 1. The SMILES string of the molecule is CCn1c(C)c2c(C)nc(-c3ccccc3)c-2n(CC)c1=O. The second-order valence-electron chi connectivity index (χ2n) is 5.49. The highest BCUT2D eigenvalue weighted by Gasteiger charge is 2.25. The zero-order chi connectivity index (χ0) is 15.9. The molecule has 2 aliphatic rings. The van der Waals surface area contributed by atoms with Crippen molar-refractivity contribution in [2.24, 2.45) is 0 Å². The van der Waals surface area contributed by atoms with Crippen LogP contribution in [0.1, 0.15) is 25.2 Å². The Hall–Kier alpha value is -2.36. The van der Waals surface area contributed by atoms with Gasteiger partial charge in [0, 0.05) is 35.6 Å². The topological polar surface area (TPSA) is 39.8 Å². The van der Waals surface area contributed by atoms with E-state index < -0.39 is 0 Å². The van der Waals surface area contributed by atoms with Crippen molar-refractivity contribution in [3.8, 4) is 22.5 Å². The molecule has 2 heterocycles. The van der Waals surface area contributed by atoms with E-state index in [4.69, 9.17) is 4.98 Å². The van der Waals surface area contributed by atoms with Gasteiger partial charge in [0.2, 0.25) is 0 Å². The quantitative estimate of drug-likeness (QED) is 0.742. The number of hydrogen-bond acceptors (Lipinski definition) is 2. The summed E-state index contributed by atoms with van der Waals surface area (Å²) in [6.45, 7) is 9.35. The molecule has 0 spiro atoms. The highest BCUT2D eigenvalue weighted by atomic mass is 16.1. The molecule has 0 N–H and O–H groups in total. The van der Waals surface area contributed by atoms with Crippen molar-refractivity contribution in [2.45, 2.75) is 40.8 Å². The molecular formula is C18H21N3O. The summed E-state index contributed by atoms with van der Waals surface area (Å²) in [4.78, 5) is 17.5. The standard InChI is InChI=1S/C18H21N3O/c1-5-20-13(4)15-12(3)19-16(14-10-8-7-9-11-14)17(15)21(6-2)18(20)22/h7-11H,5-6H2,1-4H3. The molecule has 4 nitrogen and oxygen atoms in total. The van der Waals surface area contributed by atoms with Crippen molar-refractivity contribution in [3.05, 3.63) is 52.2 Å². The van der Waals surface area contributed by atoms with E-state index in [2.05, 4.69) is 0 Å². The molecule has 0 saturated heterocycles. The first kappa shape index (κ1) is 14.6. The van der Waals surface area contributed by atoms with Gasteiger partial charge in [0.1, 0.15) is 0 Å². The molecule has 0 fully saturated rings. The summed E-state index contributed by atoms with van der Waals surface area (Å²) in [5.74, 6) is 0. The molecular weight excluding hydrogens is 274 g/mol. The number of aromatic nitrogens is 3. The lowest BCUT2D eigenvalue weighted by atomic mass is 10.0. The van der Waals surface area contributed by atoms with Crippen LogP contribution in [0, 0.1) is 13.8 Å². The van der Waals surface area contributed by atoms with E-state index in [1.165, 1.54) is 0 Å². The fraction of sp³-hybridized carbons (Fsp3) is 0.333. The molecule has 0 amide bonds. The summed E-state index contributed by atoms with van der Waals surface area (Å²) in [6, 6.07) is 10.1. The third kappa shape index (κ3) is 1.98. The predicted octanol–water partition coefficient (Wildman–Crippen LogP) is 3.47. The first-order chi connectivity index (χ1) is 10.6. The van der Waals surface area contributed by atoms with Gasteiger partial charge in [-0.1, -0.05) is 30.3 Å². The number of rotatable bonds is 3. The van der Waals surface area contributed by atoms with Crippen LogP contribution in [-0.2, 0) is 13.1 Å². The molecule has 0 aromatic heterocycles. The zero-order valence-corrected chi connectivity index (χ0v) is 13.6. The first-order valence-electron chi connectivity index (χ1n) is 7.75. The van der Waals surface area contributed by atoms with Crippen LogP contribution >= 0.6 is 0 Å². The summed E-state index contributed by atoms with van der Waals surface area (Å²) >= 11 is 0. The van der Waals surface area contributed by atoms with E-state index in [9.17, 15) is 4.79 Å². The van der Waals surface area contributed by atoms with E-state index in [-0.39, 0.29) is 5.69 Å². The maximum atomic E-state index is 12.8. The molecule has 3 rings (SSSR count). The molecule has 2 aliphatic heterocycles. The van der Waals surface area contributed by atoms with Crippen molar-refractivity contribution in [2.75, 3.05) is 0 Å². The van der Waals surface area contributed by atoms with Gasteiger partial charge < -0.3 is 0 Å². The molecule has 0 unspecified atom stereocenters. The van der Waals surface area contributed by atoms with Gasteiger partial charge in [-0.05, 0) is 27.7 Å². The molecule has 1 aromatic rings. The summed E-state index contributed by atoms with van der Waals surface area (Å²) in [5.41, 5.74) is 6.03. The van der Waals surface area contributed by atoms with E-state index >= 15 is 0 Å². The lowest BCUT2D eigenvalue weighted by molar-refractivity contribution is 0.594. The van der Waals surface area contributed by atoms with Gasteiger partial charge in [-0.25, -0.2) is 4.79 Å². The van der Waals surface area contributed by atoms with Crippen LogP contribution in [0.5, 0.6) is 0 Å². The zero-order valence-electron chi connectivity index (χ0n) is 13.6. The highest BCUT2D eigenvalue weighted by Crippen LogP contribution is 2.36. The molecule has 22 heavy (non-hydrogen) atoms. The van der Waals surface area contributed by atoms with Gasteiger partial charge >= 0.3 is 5.69 Å². The monoisotopic (exact) mass is 295 g/mol. The van der Waals surface area contributed by atoms with Crippen LogP contribution in [0.15, 0.2) is 35.1 Å². The third-order valence-corrected chi connectivity index (χ3v) is 4.28. The Morgan fingerprint density at radius 2 is 1.64 bits per heavy atom. The van der Waals surface area contributed by atoms with Gasteiger partial charge in [-0.15, -0.1) is 0 Å². The molecule has 0 atom stereocenters. The molecule has 114 valence electrons. The molecule has 0 bridgehead atoms. The highest BCUT2D eigenvalue weighted by molar-refractivity contribution is 5.83. The van der Waals surface area contributed by atoms with Crippen LogP contribution < -0.4 is 5.69 Å². The van der Waals surface area contributed by atoms with Crippen LogP contribution in [-0.4, -0.2) is 14.1 Å². The summed E-state index contributed by atoms with van der Waals surface area (Å²) in [7, 11) is 0. The Labute approximate surface area is 130 Å². The predicted molar refractivity (Wildman–Crippen MR) is 89.4 cm³/mol. The minimum Gasteiger partial charge on any atom is -0.298 e. The Morgan fingerprint density at radius 3 is 2.23 bits per heavy atom. The average molecular weight is 295 g/mol. The van der Waals surface area contributed by atoms with Crippen molar-refractivity contribution < 1.29 is 0 Å². The van der Waals surface area contributed by atoms with Crippen LogP contribution in [0.4, 0.5) is 0 Å². The molecule has 0 aliphatic carbocycles. The molecule has 1 aromatic carbocycles. The van der Waals surface area contributed by atoms with Crippen LogP contribution in [0.3, 0.4) is 0 Å². The largest absolute Gasteiger partial charge is 0.328 e. The van der Waals surface area contributed by atoms with Gasteiger partial charge in [0.05, 0.1) is 11.4 Å². The normalized spacial score (nSPS) is 11.3. The second kappa shape index (κ2) is 5.44. The lowest BCUT2D eigenvalue weighted by Gasteiger charge is -2.19. The van der Waals surface area contributed by atoms with E-state index in [1.807, 2.05) is 67.2 Å². The fourth-order valence-corrected chi connectivity index (χ4v) is 3.25. The minimum absolute atomic E-state index is 0.0413. The van der Waals surface area contributed by atoms with Gasteiger partial charge in [0.25, 0.3) is 0 Å². The molecule has 0 saturated carbocycles. The summed E-state index contributed by atoms with van der Waals surface area (Å²) < 4.78 is 3.67. The molecule has 0 radical (unpaired) electrons. The number of fused-ring (bicyclic) bond motifs is 1. The first-order valence-corrected chi connectivity index (χ1v) is 7.75. The van der Waals surface area contributed by atoms with E-state index in [0.717, 1.165) is 33.9 Å². The van der Waals surface area contributed by atoms with Crippen LogP contribution in [0.25, 0.3) is 22.5 Å².